The van der Waals surface area contributed by atoms with Gasteiger partial charge in [0.25, 0.3) is 16.7 Å². The first kappa shape index (κ1) is 19.0. The minimum absolute atomic E-state index is 0.0861. The van der Waals surface area contributed by atoms with Gasteiger partial charge in [0, 0.05) is 9.75 Å². The largest absolute Gasteiger partial charge is 0.410 e. The average Bonchev–Trinajstić information content (AvgIpc) is 3.37. The van der Waals surface area contributed by atoms with E-state index in [0.29, 0.717) is 28.1 Å². The maximum absolute atomic E-state index is 12.4. The van der Waals surface area contributed by atoms with Gasteiger partial charge in [-0.3, -0.25) is 4.79 Å². The first-order valence-corrected chi connectivity index (χ1v) is 12.2. The number of fused-ring (bicyclic) bond motifs is 2. The van der Waals surface area contributed by atoms with Crippen LogP contribution in [0, 0.1) is 19.8 Å². The summed E-state index contributed by atoms with van der Waals surface area (Å²) in [5.41, 5.74) is 2.34. The highest BCUT2D eigenvalue weighted by atomic mass is 32.2. The quantitative estimate of drug-likeness (QED) is 0.439. The molecule has 0 saturated heterocycles. The van der Waals surface area contributed by atoms with Crippen LogP contribution in [0.4, 0.5) is 0 Å². The van der Waals surface area contributed by atoms with Gasteiger partial charge in [0.1, 0.15) is 10.7 Å². The third-order valence-corrected chi connectivity index (χ3v) is 8.52. The molecule has 150 valence electrons. The van der Waals surface area contributed by atoms with Crippen LogP contribution in [0.1, 0.15) is 40.1 Å². The molecular weight excluding hydrogens is 424 g/mol. The first-order valence-electron chi connectivity index (χ1n) is 9.55. The summed E-state index contributed by atoms with van der Waals surface area (Å²) < 4.78 is 5.87. The second-order valence-corrected chi connectivity index (χ2v) is 10.8. The topological polar surface area (TPSA) is 84.7 Å². The van der Waals surface area contributed by atoms with E-state index >= 15 is 0 Å². The number of rotatable bonds is 4. The lowest BCUT2D eigenvalue weighted by atomic mass is 9.90. The van der Waals surface area contributed by atoms with E-state index in [1.54, 1.807) is 22.7 Å². The van der Waals surface area contributed by atoms with Crippen molar-refractivity contribution in [3.05, 3.63) is 43.1 Å². The molecule has 0 radical (unpaired) electrons. The van der Waals surface area contributed by atoms with Gasteiger partial charge in [-0.25, -0.2) is 4.98 Å². The summed E-state index contributed by atoms with van der Waals surface area (Å²) in [7, 11) is 0. The number of hydrogen-bond acceptors (Lipinski definition) is 8. The molecule has 5 rings (SSSR count). The Morgan fingerprint density at radius 3 is 3.03 bits per heavy atom. The molecule has 9 heteroatoms. The van der Waals surface area contributed by atoms with Crippen molar-refractivity contribution < 1.29 is 4.42 Å². The molecule has 1 N–H and O–H groups in total. The van der Waals surface area contributed by atoms with Gasteiger partial charge in [-0.1, -0.05) is 18.7 Å². The van der Waals surface area contributed by atoms with Crippen LogP contribution in [0.15, 0.2) is 20.5 Å². The molecule has 0 unspecified atom stereocenters. The van der Waals surface area contributed by atoms with Crippen molar-refractivity contribution in [2.75, 3.05) is 0 Å². The van der Waals surface area contributed by atoms with E-state index in [0.717, 1.165) is 38.9 Å². The highest BCUT2D eigenvalue weighted by Gasteiger charge is 2.21. The molecule has 0 fully saturated rings. The molecule has 0 bridgehead atoms. The van der Waals surface area contributed by atoms with Gasteiger partial charge in [0.2, 0.25) is 0 Å². The number of nitrogens with one attached hydrogen (secondary N) is 1. The highest BCUT2D eigenvalue weighted by molar-refractivity contribution is 7.98. The molecule has 0 saturated carbocycles. The van der Waals surface area contributed by atoms with Crippen molar-refractivity contribution in [2.45, 2.75) is 51.0 Å². The van der Waals surface area contributed by atoms with Gasteiger partial charge in [-0.15, -0.1) is 32.9 Å². The van der Waals surface area contributed by atoms with Crippen LogP contribution in [0.5, 0.6) is 0 Å². The van der Waals surface area contributed by atoms with Crippen molar-refractivity contribution in [3.63, 3.8) is 0 Å². The molecule has 0 aliphatic heterocycles. The Labute approximate surface area is 179 Å². The van der Waals surface area contributed by atoms with E-state index in [2.05, 4.69) is 33.2 Å². The Morgan fingerprint density at radius 2 is 2.17 bits per heavy atom. The number of nitrogens with zero attached hydrogens (tertiary/aromatic N) is 3. The third-order valence-electron chi connectivity index (χ3n) is 5.37. The predicted molar refractivity (Wildman–Crippen MR) is 118 cm³/mol. The summed E-state index contributed by atoms with van der Waals surface area (Å²) in [5, 5.41) is 9.57. The summed E-state index contributed by atoms with van der Waals surface area (Å²) in [6.07, 6.45) is 3.52. The molecule has 0 spiro atoms. The smallest absolute Gasteiger partial charge is 0.277 e. The number of aryl methyl sites for hydroxylation is 3. The second kappa shape index (κ2) is 7.37. The first-order chi connectivity index (χ1) is 14.0. The summed E-state index contributed by atoms with van der Waals surface area (Å²) in [6, 6.07) is 2.20. The molecule has 29 heavy (non-hydrogen) atoms. The van der Waals surface area contributed by atoms with Crippen molar-refractivity contribution in [3.8, 4) is 10.8 Å². The van der Waals surface area contributed by atoms with Gasteiger partial charge in [0.05, 0.1) is 16.0 Å². The van der Waals surface area contributed by atoms with Crippen LogP contribution in [0.2, 0.25) is 0 Å². The van der Waals surface area contributed by atoms with Crippen LogP contribution in [0.3, 0.4) is 0 Å². The van der Waals surface area contributed by atoms with Gasteiger partial charge < -0.3 is 9.40 Å². The molecule has 4 aromatic rings. The number of thioether (sulfide) groups is 1. The Balaban J connectivity index is 1.33. The summed E-state index contributed by atoms with van der Waals surface area (Å²) >= 11 is 4.70. The third kappa shape index (κ3) is 3.55. The van der Waals surface area contributed by atoms with Gasteiger partial charge in [0.15, 0.2) is 0 Å². The van der Waals surface area contributed by atoms with Crippen LogP contribution >= 0.6 is 34.4 Å². The van der Waals surface area contributed by atoms with Gasteiger partial charge in [-0.2, -0.15) is 0 Å². The zero-order chi connectivity index (χ0) is 20.1. The Morgan fingerprint density at radius 1 is 1.31 bits per heavy atom. The maximum atomic E-state index is 12.4. The molecule has 0 amide bonds. The van der Waals surface area contributed by atoms with Crippen LogP contribution in [-0.2, 0) is 18.6 Å². The monoisotopic (exact) mass is 444 g/mol. The second-order valence-electron chi connectivity index (χ2n) is 7.54. The number of thiophene rings is 2. The number of aromatic nitrogens is 4. The van der Waals surface area contributed by atoms with Crippen LogP contribution in [0.25, 0.3) is 21.0 Å². The minimum atomic E-state index is -0.0861. The summed E-state index contributed by atoms with van der Waals surface area (Å²) in [5.74, 6) is 2.40. The fourth-order valence-electron chi connectivity index (χ4n) is 3.68. The highest BCUT2D eigenvalue weighted by Crippen LogP contribution is 2.37. The fraction of sp³-hybridized carbons (Fsp3) is 0.400. The zero-order valence-electron chi connectivity index (χ0n) is 16.4. The van der Waals surface area contributed by atoms with Crippen molar-refractivity contribution >= 4 is 44.7 Å². The lowest BCUT2D eigenvalue weighted by Crippen LogP contribution is -2.10. The Hall–Kier alpha value is -1.97. The molecule has 0 aromatic carbocycles. The molecule has 4 heterocycles. The molecule has 1 aliphatic rings. The fourth-order valence-corrected chi connectivity index (χ4v) is 6.49. The van der Waals surface area contributed by atoms with Gasteiger partial charge >= 0.3 is 0 Å². The molecular formula is C20H20N4O2S3. The lowest BCUT2D eigenvalue weighted by Gasteiger charge is -2.16. The Bertz CT molecular complexity index is 1270. The summed E-state index contributed by atoms with van der Waals surface area (Å²) in [4.78, 5) is 24.3. The van der Waals surface area contributed by atoms with Crippen molar-refractivity contribution in [1.82, 2.24) is 20.2 Å². The lowest BCUT2D eigenvalue weighted by molar-refractivity contribution is 0.466. The van der Waals surface area contributed by atoms with Crippen LogP contribution < -0.4 is 5.56 Å². The minimum Gasteiger partial charge on any atom is -0.410 e. The maximum Gasteiger partial charge on any atom is 0.277 e. The average molecular weight is 445 g/mol. The molecule has 4 aromatic heterocycles. The van der Waals surface area contributed by atoms with Crippen molar-refractivity contribution in [1.29, 1.82) is 0 Å². The van der Waals surface area contributed by atoms with E-state index < -0.39 is 0 Å². The Kier molecular flexibility index (Phi) is 4.84. The van der Waals surface area contributed by atoms with E-state index in [1.807, 2.05) is 13.8 Å². The number of hydrogen-bond donors (Lipinski definition) is 1. The van der Waals surface area contributed by atoms with Gasteiger partial charge in [-0.05, 0) is 56.2 Å². The van der Waals surface area contributed by atoms with Crippen LogP contribution in [-0.4, -0.2) is 20.2 Å². The van der Waals surface area contributed by atoms with Crippen molar-refractivity contribution in [2.24, 2.45) is 5.92 Å². The standard InChI is InChI=1S/C20H20N4O2S3/c1-9-4-5-13-12(6-9)7-14(29-13)18-23-24-20(26-18)27-8-15-21-17(25)16-10(2)11(3)28-19(16)22-15/h7,9H,4-6,8H2,1-3H3,(H,21,22,25)/t9-/m0/s1. The van der Waals surface area contributed by atoms with E-state index in [4.69, 9.17) is 4.42 Å². The summed E-state index contributed by atoms with van der Waals surface area (Å²) in [6.45, 7) is 6.28. The molecule has 1 atom stereocenters. The number of H-pyrrole nitrogens is 1. The van der Waals surface area contributed by atoms with E-state index in [-0.39, 0.29) is 5.56 Å². The van der Waals surface area contributed by atoms with E-state index in [9.17, 15) is 4.79 Å². The predicted octanol–water partition coefficient (Wildman–Crippen LogP) is 5.13. The zero-order valence-corrected chi connectivity index (χ0v) is 18.8. The normalized spacial score (nSPS) is 16.4. The molecule has 6 nitrogen and oxygen atoms in total. The molecule has 1 aliphatic carbocycles. The van der Waals surface area contributed by atoms with E-state index in [1.165, 1.54) is 28.6 Å². The SMILES string of the molecule is Cc1sc2nc(CSc3nnc(-c4cc5c(s4)CC[C@H](C)C5)o3)[nH]c(=O)c2c1C. The number of aromatic amines is 1.